The fraction of sp³-hybridized carbons (Fsp3) is 0.250. The van der Waals surface area contributed by atoms with E-state index in [9.17, 15) is 4.79 Å². The molecule has 0 spiro atoms. The molecule has 3 heteroatoms. The first-order valence-electron chi connectivity index (χ1n) is 6.61. The number of fused-ring (bicyclic) bond motifs is 2. The van der Waals surface area contributed by atoms with Crippen LogP contribution in [-0.2, 0) is 6.42 Å². The van der Waals surface area contributed by atoms with Gasteiger partial charge in [0.2, 0.25) is 11.1 Å². The summed E-state index contributed by atoms with van der Waals surface area (Å²) in [6.45, 7) is 2.15. The van der Waals surface area contributed by atoms with E-state index in [1.54, 1.807) is 12.1 Å². The van der Waals surface area contributed by atoms with Crippen LogP contribution in [0.3, 0.4) is 0 Å². The predicted octanol–water partition coefficient (Wildman–Crippen LogP) is 3.68. The van der Waals surface area contributed by atoms with Crippen molar-refractivity contribution in [1.29, 1.82) is 0 Å². The Hall–Kier alpha value is -2.16. The molecule has 0 unspecified atom stereocenters. The van der Waals surface area contributed by atoms with Gasteiger partial charge in [-0.1, -0.05) is 25.5 Å². The number of nitrogens with zero attached hydrogens (tertiary/aromatic N) is 1. The molecule has 3 nitrogen and oxygen atoms in total. The number of rotatable bonds is 3. The van der Waals surface area contributed by atoms with E-state index in [0.29, 0.717) is 22.1 Å². The zero-order valence-corrected chi connectivity index (χ0v) is 10.8. The third kappa shape index (κ3) is 2.12. The third-order valence-corrected chi connectivity index (χ3v) is 3.29. The number of unbranched alkanes of at least 4 members (excludes halogenated alkanes) is 1. The van der Waals surface area contributed by atoms with Gasteiger partial charge in [-0.25, -0.2) is 4.98 Å². The molecule has 0 N–H and O–H groups in total. The SMILES string of the molecule is CCCCc1ccc2c(=O)c3ccccc3oc2n1. The van der Waals surface area contributed by atoms with Gasteiger partial charge in [-0.15, -0.1) is 0 Å². The Labute approximate surface area is 110 Å². The number of para-hydroxylation sites is 1. The van der Waals surface area contributed by atoms with E-state index in [2.05, 4.69) is 11.9 Å². The molecule has 3 rings (SSSR count). The summed E-state index contributed by atoms with van der Waals surface area (Å²) in [7, 11) is 0. The first kappa shape index (κ1) is 11.9. The average Bonchev–Trinajstić information content (AvgIpc) is 2.45. The first-order chi connectivity index (χ1) is 9.29. The molecule has 0 saturated carbocycles. The molecule has 0 aliphatic heterocycles. The monoisotopic (exact) mass is 253 g/mol. The normalized spacial score (nSPS) is 11.2. The van der Waals surface area contributed by atoms with Gasteiger partial charge in [-0.2, -0.15) is 0 Å². The van der Waals surface area contributed by atoms with Crippen molar-refractivity contribution in [3.8, 4) is 0 Å². The van der Waals surface area contributed by atoms with Crippen LogP contribution in [0.25, 0.3) is 22.1 Å². The van der Waals surface area contributed by atoms with E-state index in [4.69, 9.17) is 4.42 Å². The lowest BCUT2D eigenvalue weighted by Gasteiger charge is -2.03. The van der Waals surface area contributed by atoms with Gasteiger partial charge >= 0.3 is 0 Å². The summed E-state index contributed by atoms with van der Waals surface area (Å²) in [4.78, 5) is 16.8. The molecule has 2 aromatic heterocycles. The van der Waals surface area contributed by atoms with Crippen LogP contribution in [0.4, 0.5) is 0 Å². The van der Waals surface area contributed by atoms with Crippen LogP contribution in [0.15, 0.2) is 45.6 Å². The van der Waals surface area contributed by atoms with Crippen molar-refractivity contribution < 1.29 is 4.42 Å². The molecule has 0 saturated heterocycles. The lowest BCUT2D eigenvalue weighted by molar-refractivity contribution is 0.639. The Morgan fingerprint density at radius 2 is 1.95 bits per heavy atom. The highest BCUT2D eigenvalue weighted by atomic mass is 16.3. The number of aromatic nitrogens is 1. The molecular formula is C16H15NO2. The maximum Gasteiger partial charge on any atom is 0.230 e. The molecule has 3 aromatic rings. The Morgan fingerprint density at radius 3 is 2.79 bits per heavy atom. The number of hydrogen-bond donors (Lipinski definition) is 0. The molecule has 0 bridgehead atoms. The smallest absolute Gasteiger partial charge is 0.230 e. The second-order valence-electron chi connectivity index (χ2n) is 4.69. The molecule has 0 fully saturated rings. The maximum absolute atomic E-state index is 12.3. The highest BCUT2D eigenvalue weighted by molar-refractivity contribution is 5.87. The minimum atomic E-state index is -0.00797. The van der Waals surface area contributed by atoms with Gasteiger partial charge in [-0.3, -0.25) is 4.79 Å². The topological polar surface area (TPSA) is 43.1 Å². The quantitative estimate of drug-likeness (QED) is 0.669. The number of benzene rings is 1. The zero-order chi connectivity index (χ0) is 13.2. The summed E-state index contributed by atoms with van der Waals surface area (Å²) >= 11 is 0. The van der Waals surface area contributed by atoms with Crippen molar-refractivity contribution in [2.24, 2.45) is 0 Å². The summed E-state index contributed by atoms with van der Waals surface area (Å²) in [6.07, 6.45) is 3.14. The van der Waals surface area contributed by atoms with Crippen LogP contribution in [-0.4, -0.2) is 4.98 Å². The van der Waals surface area contributed by atoms with E-state index in [1.807, 2.05) is 24.3 Å². The molecule has 19 heavy (non-hydrogen) atoms. The number of hydrogen-bond acceptors (Lipinski definition) is 3. The summed E-state index contributed by atoms with van der Waals surface area (Å²) in [5.41, 5.74) is 2.01. The molecule has 0 radical (unpaired) electrons. The van der Waals surface area contributed by atoms with Crippen LogP contribution in [0.5, 0.6) is 0 Å². The Bertz CT molecular complexity index is 789. The largest absolute Gasteiger partial charge is 0.437 e. The van der Waals surface area contributed by atoms with Crippen LogP contribution in [0, 0.1) is 0 Å². The highest BCUT2D eigenvalue weighted by Gasteiger charge is 2.08. The molecule has 2 heterocycles. The molecule has 0 amide bonds. The molecule has 0 atom stereocenters. The standard InChI is InChI=1S/C16H15NO2/c1-2-3-6-11-9-10-13-15(18)12-7-4-5-8-14(12)19-16(13)17-11/h4-5,7-10H,2-3,6H2,1H3. The highest BCUT2D eigenvalue weighted by Crippen LogP contribution is 2.17. The van der Waals surface area contributed by atoms with Crippen molar-refractivity contribution in [2.75, 3.05) is 0 Å². The summed E-state index contributed by atoms with van der Waals surface area (Å²) < 4.78 is 5.74. The summed E-state index contributed by atoms with van der Waals surface area (Å²) in [6, 6.07) is 11.0. The van der Waals surface area contributed by atoms with Crippen LogP contribution in [0.2, 0.25) is 0 Å². The Morgan fingerprint density at radius 1 is 1.11 bits per heavy atom. The fourth-order valence-corrected chi connectivity index (χ4v) is 2.22. The van der Waals surface area contributed by atoms with Gasteiger partial charge in [0.15, 0.2) is 0 Å². The third-order valence-electron chi connectivity index (χ3n) is 3.29. The summed E-state index contributed by atoms with van der Waals surface area (Å²) in [5, 5.41) is 1.16. The van der Waals surface area contributed by atoms with Crippen molar-refractivity contribution in [2.45, 2.75) is 26.2 Å². The van der Waals surface area contributed by atoms with Gasteiger partial charge in [0.05, 0.1) is 10.8 Å². The van der Waals surface area contributed by atoms with Crippen LogP contribution < -0.4 is 5.43 Å². The molecule has 0 aliphatic rings. The fourth-order valence-electron chi connectivity index (χ4n) is 2.22. The maximum atomic E-state index is 12.3. The molecule has 96 valence electrons. The second-order valence-corrected chi connectivity index (χ2v) is 4.69. The van der Waals surface area contributed by atoms with E-state index in [0.717, 1.165) is 25.0 Å². The van der Waals surface area contributed by atoms with Gasteiger partial charge in [0.1, 0.15) is 5.58 Å². The van der Waals surface area contributed by atoms with E-state index >= 15 is 0 Å². The zero-order valence-electron chi connectivity index (χ0n) is 10.8. The average molecular weight is 253 g/mol. The van der Waals surface area contributed by atoms with E-state index < -0.39 is 0 Å². The summed E-state index contributed by atoms with van der Waals surface area (Å²) in [5.74, 6) is 0. The Kier molecular flexibility index (Phi) is 3.03. The van der Waals surface area contributed by atoms with Gasteiger partial charge in [-0.05, 0) is 37.1 Å². The lowest BCUT2D eigenvalue weighted by atomic mass is 10.1. The minimum Gasteiger partial charge on any atom is -0.437 e. The van der Waals surface area contributed by atoms with E-state index in [-0.39, 0.29) is 5.43 Å². The minimum absolute atomic E-state index is 0.00797. The molecule has 1 aromatic carbocycles. The van der Waals surface area contributed by atoms with Gasteiger partial charge in [0, 0.05) is 5.69 Å². The van der Waals surface area contributed by atoms with E-state index in [1.165, 1.54) is 0 Å². The number of pyridine rings is 1. The predicted molar refractivity (Wildman–Crippen MR) is 76.4 cm³/mol. The first-order valence-corrected chi connectivity index (χ1v) is 6.61. The van der Waals surface area contributed by atoms with Crippen LogP contribution >= 0.6 is 0 Å². The van der Waals surface area contributed by atoms with Crippen molar-refractivity contribution in [3.63, 3.8) is 0 Å². The van der Waals surface area contributed by atoms with Crippen molar-refractivity contribution >= 4 is 22.1 Å². The van der Waals surface area contributed by atoms with Crippen molar-refractivity contribution in [1.82, 2.24) is 4.98 Å². The van der Waals surface area contributed by atoms with Gasteiger partial charge in [0.25, 0.3) is 0 Å². The molecule has 0 aliphatic carbocycles. The number of aryl methyl sites for hydroxylation is 1. The lowest BCUT2D eigenvalue weighted by Crippen LogP contribution is -2.03. The molecular weight excluding hydrogens is 238 g/mol. The van der Waals surface area contributed by atoms with Gasteiger partial charge < -0.3 is 4.42 Å². The second kappa shape index (κ2) is 4.84. The van der Waals surface area contributed by atoms with Crippen LogP contribution in [0.1, 0.15) is 25.5 Å². The Balaban J connectivity index is 2.23. The van der Waals surface area contributed by atoms with Crippen molar-refractivity contribution in [3.05, 3.63) is 52.3 Å².